The average molecular weight is 228 g/mol. The molecular weight excluding hydrogens is 204 g/mol. The van der Waals surface area contributed by atoms with Crippen LogP contribution in [-0.2, 0) is 4.79 Å². The van der Waals surface area contributed by atoms with Gasteiger partial charge in [-0.1, -0.05) is 13.8 Å². The Bertz CT molecular complexity index is 218. The van der Waals surface area contributed by atoms with E-state index in [1.807, 2.05) is 0 Å². The molecule has 1 aliphatic rings. The Morgan fingerprint density at radius 3 is 2.38 bits per heavy atom. The Labute approximate surface area is 97.8 Å². The number of carbonyl (C=O) groups is 1. The first-order valence-electron chi connectivity index (χ1n) is 6.31. The van der Waals surface area contributed by atoms with Crippen molar-refractivity contribution in [3.8, 4) is 0 Å². The monoisotopic (exact) mass is 228 g/mol. The van der Waals surface area contributed by atoms with Gasteiger partial charge in [0.1, 0.15) is 0 Å². The van der Waals surface area contributed by atoms with Crippen molar-refractivity contribution in [1.82, 2.24) is 10.6 Å². The Kier molecular flexibility index (Phi) is 5.22. The molecule has 1 saturated carbocycles. The Balaban J connectivity index is 2.24. The summed E-state index contributed by atoms with van der Waals surface area (Å²) in [6.07, 6.45) is 5.02. The molecule has 1 amide bonds. The molecule has 0 saturated heterocycles. The summed E-state index contributed by atoms with van der Waals surface area (Å²) in [5.74, 6) is 0.0356. The molecule has 3 N–H and O–H groups in total. The molecule has 4 heteroatoms. The van der Waals surface area contributed by atoms with Crippen molar-refractivity contribution in [2.24, 2.45) is 0 Å². The predicted molar refractivity (Wildman–Crippen MR) is 64.2 cm³/mol. The fraction of sp³-hybridized carbons (Fsp3) is 0.917. The molecule has 1 aliphatic carbocycles. The minimum Gasteiger partial charge on any atom is -0.394 e. The maximum absolute atomic E-state index is 11.6. The first-order chi connectivity index (χ1) is 7.65. The fourth-order valence-electron chi connectivity index (χ4n) is 2.03. The van der Waals surface area contributed by atoms with Gasteiger partial charge >= 0.3 is 0 Å². The molecule has 0 aromatic carbocycles. The molecule has 0 aromatic heterocycles. The van der Waals surface area contributed by atoms with Gasteiger partial charge in [-0.15, -0.1) is 0 Å². The van der Waals surface area contributed by atoms with Crippen molar-refractivity contribution in [2.75, 3.05) is 13.2 Å². The number of rotatable bonds is 7. The van der Waals surface area contributed by atoms with Crippen LogP contribution in [0.15, 0.2) is 0 Å². The third-order valence-electron chi connectivity index (χ3n) is 3.59. The van der Waals surface area contributed by atoms with Crippen molar-refractivity contribution in [3.63, 3.8) is 0 Å². The molecule has 1 fully saturated rings. The molecule has 0 atom stereocenters. The highest BCUT2D eigenvalue weighted by Gasteiger charge is 2.36. The van der Waals surface area contributed by atoms with Gasteiger partial charge < -0.3 is 15.7 Å². The van der Waals surface area contributed by atoms with Crippen molar-refractivity contribution < 1.29 is 9.90 Å². The summed E-state index contributed by atoms with van der Waals surface area (Å²) < 4.78 is 0. The summed E-state index contributed by atoms with van der Waals surface area (Å²) in [6.45, 7) is 4.59. The van der Waals surface area contributed by atoms with E-state index in [1.165, 1.54) is 0 Å². The van der Waals surface area contributed by atoms with Crippen LogP contribution in [0, 0.1) is 0 Å². The lowest BCUT2D eigenvalue weighted by molar-refractivity contribution is -0.121. The largest absolute Gasteiger partial charge is 0.394 e. The van der Waals surface area contributed by atoms with Gasteiger partial charge in [0.15, 0.2) is 0 Å². The number of carbonyl (C=O) groups excluding carboxylic acids is 1. The van der Waals surface area contributed by atoms with Crippen LogP contribution in [0.3, 0.4) is 0 Å². The van der Waals surface area contributed by atoms with E-state index in [4.69, 9.17) is 0 Å². The van der Waals surface area contributed by atoms with Crippen LogP contribution in [0.4, 0.5) is 0 Å². The number of hydrogen-bond donors (Lipinski definition) is 3. The first-order valence-corrected chi connectivity index (χ1v) is 6.31. The van der Waals surface area contributed by atoms with E-state index in [9.17, 15) is 9.90 Å². The average Bonchev–Trinajstić information content (AvgIpc) is 2.25. The smallest absolute Gasteiger partial charge is 0.234 e. The lowest BCUT2D eigenvalue weighted by atomic mass is 9.77. The van der Waals surface area contributed by atoms with E-state index >= 15 is 0 Å². The number of aliphatic hydroxyl groups excluding tert-OH is 1. The SMILES string of the molecule is CCC(CC)NC(=O)CNC1(CO)CCC1. The van der Waals surface area contributed by atoms with Crippen LogP contribution >= 0.6 is 0 Å². The Morgan fingerprint density at radius 1 is 1.38 bits per heavy atom. The summed E-state index contributed by atoms with van der Waals surface area (Å²) in [4.78, 5) is 11.6. The minimum atomic E-state index is -0.175. The highest BCUT2D eigenvalue weighted by molar-refractivity contribution is 5.78. The number of nitrogens with one attached hydrogen (secondary N) is 2. The van der Waals surface area contributed by atoms with Gasteiger partial charge in [-0.3, -0.25) is 4.79 Å². The second-order valence-corrected chi connectivity index (χ2v) is 4.73. The summed E-state index contributed by atoms with van der Waals surface area (Å²) >= 11 is 0. The summed E-state index contributed by atoms with van der Waals surface area (Å²) in [7, 11) is 0. The molecule has 0 heterocycles. The maximum Gasteiger partial charge on any atom is 0.234 e. The Morgan fingerprint density at radius 2 is 2.00 bits per heavy atom. The molecule has 0 aromatic rings. The normalized spacial score (nSPS) is 18.2. The van der Waals surface area contributed by atoms with Gasteiger partial charge in [-0.25, -0.2) is 0 Å². The van der Waals surface area contributed by atoms with Gasteiger partial charge in [0.25, 0.3) is 0 Å². The molecule has 0 bridgehead atoms. The van der Waals surface area contributed by atoms with Crippen molar-refractivity contribution in [2.45, 2.75) is 57.5 Å². The number of aliphatic hydroxyl groups is 1. The van der Waals surface area contributed by atoms with Crippen LogP contribution in [0.25, 0.3) is 0 Å². The second-order valence-electron chi connectivity index (χ2n) is 4.73. The zero-order valence-corrected chi connectivity index (χ0v) is 10.4. The minimum absolute atomic E-state index is 0.0356. The van der Waals surface area contributed by atoms with Crippen LogP contribution in [0.5, 0.6) is 0 Å². The van der Waals surface area contributed by atoms with Crippen LogP contribution in [0.1, 0.15) is 46.0 Å². The lowest BCUT2D eigenvalue weighted by Crippen LogP contribution is -2.56. The lowest BCUT2D eigenvalue weighted by Gasteiger charge is -2.41. The molecule has 1 rings (SSSR count). The van der Waals surface area contributed by atoms with E-state index in [1.54, 1.807) is 0 Å². The van der Waals surface area contributed by atoms with Gasteiger partial charge in [0, 0.05) is 11.6 Å². The van der Waals surface area contributed by atoms with Crippen LogP contribution in [0.2, 0.25) is 0 Å². The summed E-state index contributed by atoms with van der Waals surface area (Å²) in [5.41, 5.74) is -0.175. The molecule has 94 valence electrons. The predicted octanol–water partition coefficient (Wildman–Crippen LogP) is 0.796. The highest BCUT2D eigenvalue weighted by Crippen LogP contribution is 2.30. The zero-order valence-electron chi connectivity index (χ0n) is 10.4. The fourth-order valence-corrected chi connectivity index (χ4v) is 2.03. The molecule has 0 unspecified atom stereocenters. The maximum atomic E-state index is 11.6. The molecule has 0 radical (unpaired) electrons. The van der Waals surface area contributed by atoms with Gasteiger partial charge in [0.2, 0.25) is 5.91 Å². The van der Waals surface area contributed by atoms with Crippen molar-refractivity contribution >= 4 is 5.91 Å². The zero-order chi connectivity index (χ0) is 12.0. The third kappa shape index (κ3) is 3.46. The van der Waals surface area contributed by atoms with Gasteiger partial charge in [-0.05, 0) is 32.1 Å². The second kappa shape index (κ2) is 6.21. The topological polar surface area (TPSA) is 61.4 Å². The first kappa shape index (κ1) is 13.5. The quantitative estimate of drug-likeness (QED) is 0.604. The molecule has 16 heavy (non-hydrogen) atoms. The van der Waals surface area contributed by atoms with Crippen LogP contribution in [-0.4, -0.2) is 35.7 Å². The van der Waals surface area contributed by atoms with Crippen molar-refractivity contribution in [3.05, 3.63) is 0 Å². The van der Waals surface area contributed by atoms with Gasteiger partial charge in [0.05, 0.1) is 13.2 Å². The standard InChI is InChI=1S/C12H24N2O2/c1-3-10(4-2)14-11(16)8-13-12(9-15)6-5-7-12/h10,13,15H,3-9H2,1-2H3,(H,14,16). The van der Waals surface area contributed by atoms with E-state index in [0.717, 1.165) is 32.1 Å². The van der Waals surface area contributed by atoms with Crippen LogP contribution < -0.4 is 10.6 Å². The molecular formula is C12H24N2O2. The van der Waals surface area contributed by atoms with E-state index in [2.05, 4.69) is 24.5 Å². The van der Waals surface area contributed by atoms with E-state index < -0.39 is 0 Å². The van der Waals surface area contributed by atoms with E-state index in [-0.39, 0.29) is 24.1 Å². The highest BCUT2D eigenvalue weighted by atomic mass is 16.3. The van der Waals surface area contributed by atoms with Gasteiger partial charge in [-0.2, -0.15) is 0 Å². The number of hydrogen-bond acceptors (Lipinski definition) is 3. The third-order valence-corrected chi connectivity index (χ3v) is 3.59. The summed E-state index contributed by atoms with van der Waals surface area (Å²) in [6, 6.07) is 0.278. The molecule has 0 aliphatic heterocycles. The number of amides is 1. The Hall–Kier alpha value is -0.610. The molecule has 0 spiro atoms. The van der Waals surface area contributed by atoms with E-state index in [0.29, 0.717) is 6.54 Å². The van der Waals surface area contributed by atoms with Crippen molar-refractivity contribution in [1.29, 1.82) is 0 Å². The molecule has 4 nitrogen and oxygen atoms in total. The summed E-state index contributed by atoms with van der Waals surface area (Å²) in [5, 5.41) is 15.4.